The number of fused-ring (bicyclic) bond motifs is 1. The molecule has 1 amide bonds. The fraction of sp³-hybridized carbons (Fsp3) is 0.389. The Morgan fingerprint density at radius 3 is 2.96 bits per heavy atom. The summed E-state index contributed by atoms with van der Waals surface area (Å²) in [5, 5.41) is 0.708. The maximum Gasteiger partial charge on any atom is 0.255 e. The first kappa shape index (κ1) is 16.1. The van der Waals surface area contributed by atoms with Gasteiger partial charge in [0.25, 0.3) is 5.56 Å². The second-order valence-corrected chi connectivity index (χ2v) is 6.96. The molecule has 0 saturated carbocycles. The number of aromatic nitrogens is 2. The van der Waals surface area contributed by atoms with Crippen molar-refractivity contribution in [1.29, 1.82) is 0 Å². The Hall–Kier alpha value is -2.34. The molecule has 1 aromatic heterocycles. The van der Waals surface area contributed by atoms with Crippen molar-refractivity contribution in [2.45, 2.75) is 19.4 Å². The number of hydrogen-bond donors (Lipinski definition) is 1. The molecule has 0 aliphatic carbocycles. The summed E-state index contributed by atoms with van der Waals surface area (Å²) in [6, 6.07) is 7.71. The molecule has 2 aliphatic heterocycles. The molecule has 3 heterocycles. The van der Waals surface area contributed by atoms with Gasteiger partial charge in [-0.2, -0.15) is 0 Å². The molecular weight excluding hydrogens is 340 g/mol. The second kappa shape index (κ2) is 6.52. The summed E-state index contributed by atoms with van der Waals surface area (Å²) in [6.45, 7) is 2.44. The van der Waals surface area contributed by atoms with E-state index in [9.17, 15) is 9.59 Å². The molecule has 1 aromatic carbocycles. The average Bonchev–Trinajstić information content (AvgIpc) is 3.11. The van der Waals surface area contributed by atoms with Crippen LogP contribution in [-0.2, 0) is 17.8 Å². The molecule has 0 radical (unpaired) electrons. The molecule has 2 aliphatic rings. The van der Waals surface area contributed by atoms with Crippen LogP contribution in [-0.4, -0.2) is 40.4 Å². The highest BCUT2D eigenvalue weighted by atomic mass is 35.5. The number of carbonyl (C=O) groups excluding carboxylic acids is 1. The van der Waals surface area contributed by atoms with Gasteiger partial charge in [-0.25, -0.2) is 4.98 Å². The molecule has 0 bridgehead atoms. The number of hydrogen-bond acceptors (Lipinski definition) is 4. The SMILES string of the molecule is O=C(C1CCN(c2ccccc2Cl)C1)N1CCc2nc[nH]c(=O)c2C1. The van der Waals surface area contributed by atoms with E-state index < -0.39 is 0 Å². The number of aromatic amines is 1. The lowest BCUT2D eigenvalue weighted by molar-refractivity contribution is -0.135. The summed E-state index contributed by atoms with van der Waals surface area (Å²) in [6.07, 6.45) is 2.86. The fourth-order valence-corrected chi connectivity index (χ4v) is 3.94. The summed E-state index contributed by atoms with van der Waals surface area (Å²) >= 11 is 6.27. The van der Waals surface area contributed by atoms with Gasteiger partial charge in [0.2, 0.25) is 5.91 Å². The van der Waals surface area contributed by atoms with Crippen LogP contribution in [0.4, 0.5) is 5.69 Å². The van der Waals surface area contributed by atoms with E-state index in [1.54, 1.807) is 4.90 Å². The van der Waals surface area contributed by atoms with Crippen LogP contribution in [0.25, 0.3) is 0 Å². The predicted octanol–water partition coefficient (Wildman–Crippen LogP) is 1.83. The van der Waals surface area contributed by atoms with Crippen LogP contribution in [0.1, 0.15) is 17.7 Å². The van der Waals surface area contributed by atoms with Crippen LogP contribution in [0.3, 0.4) is 0 Å². The Morgan fingerprint density at radius 2 is 2.12 bits per heavy atom. The lowest BCUT2D eigenvalue weighted by Crippen LogP contribution is -2.42. The molecule has 1 fully saturated rings. The topological polar surface area (TPSA) is 69.3 Å². The van der Waals surface area contributed by atoms with Crippen molar-refractivity contribution in [3.8, 4) is 0 Å². The van der Waals surface area contributed by atoms with E-state index in [4.69, 9.17) is 11.6 Å². The minimum Gasteiger partial charge on any atom is -0.370 e. The molecule has 130 valence electrons. The monoisotopic (exact) mass is 358 g/mol. The van der Waals surface area contributed by atoms with Gasteiger partial charge in [-0.15, -0.1) is 0 Å². The van der Waals surface area contributed by atoms with Crippen molar-refractivity contribution < 1.29 is 4.79 Å². The number of para-hydroxylation sites is 1. The molecule has 0 spiro atoms. The molecule has 6 nitrogen and oxygen atoms in total. The smallest absolute Gasteiger partial charge is 0.255 e. The van der Waals surface area contributed by atoms with Crippen molar-refractivity contribution in [3.05, 3.63) is 57.2 Å². The summed E-state index contributed by atoms with van der Waals surface area (Å²) in [5.41, 5.74) is 2.25. The highest BCUT2D eigenvalue weighted by Gasteiger charge is 2.34. The van der Waals surface area contributed by atoms with Crippen LogP contribution in [0.5, 0.6) is 0 Å². The quantitative estimate of drug-likeness (QED) is 0.889. The third-order valence-corrected chi connectivity index (χ3v) is 5.37. The Bertz CT molecular complexity index is 866. The van der Waals surface area contributed by atoms with E-state index in [0.29, 0.717) is 36.6 Å². The van der Waals surface area contributed by atoms with Crippen molar-refractivity contribution in [3.63, 3.8) is 0 Å². The molecule has 1 unspecified atom stereocenters. The van der Waals surface area contributed by atoms with Gasteiger partial charge in [-0.1, -0.05) is 23.7 Å². The number of anilines is 1. The lowest BCUT2D eigenvalue weighted by Gasteiger charge is -2.29. The summed E-state index contributed by atoms with van der Waals surface area (Å²) in [7, 11) is 0. The number of H-pyrrole nitrogens is 1. The zero-order valence-corrected chi connectivity index (χ0v) is 14.5. The highest BCUT2D eigenvalue weighted by molar-refractivity contribution is 6.33. The van der Waals surface area contributed by atoms with Crippen LogP contribution >= 0.6 is 11.6 Å². The average molecular weight is 359 g/mol. The van der Waals surface area contributed by atoms with Gasteiger partial charge < -0.3 is 14.8 Å². The number of nitrogens with zero attached hydrogens (tertiary/aromatic N) is 3. The first-order valence-corrected chi connectivity index (χ1v) is 8.85. The van der Waals surface area contributed by atoms with Crippen molar-refractivity contribution in [2.75, 3.05) is 24.5 Å². The largest absolute Gasteiger partial charge is 0.370 e. The molecule has 4 rings (SSSR count). The highest BCUT2D eigenvalue weighted by Crippen LogP contribution is 2.31. The molecule has 1 N–H and O–H groups in total. The molecule has 1 atom stereocenters. The number of benzene rings is 1. The molecular formula is C18H19ClN4O2. The fourth-order valence-electron chi connectivity index (χ4n) is 3.69. The number of halogens is 1. The first-order valence-electron chi connectivity index (χ1n) is 8.47. The lowest BCUT2D eigenvalue weighted by atomic mass is 10.0. The maximum absolute atomic E-state index is 12.9. The van der Waals surface area contributed by atoms with E-state index in [1.807, 2.05) is 24.3 Å². The Kier molecular flexibility index (Phi) is 4.21. The summed E-state index contributed by atoms with van der Waals surface area (Å²) in [4.78, 5) is 35.7. The maximum atomic E-state index is 12.9. The first-order chi connectivity index (χ1) is 12.1. The Labute approximate surface area is 150 Å². The van der Waals surface area contributed by atoms with Crippen molar-refractivity contribution in [2.24, 2.45) is 5.92 Å². The molecule has 1 saturated heterocycles. The summed E-state index contributed by atoms with van der Waals surface area (Å²) < 4.78 is 0. The van der Waals surface area contributed by atoms with Crippen LogP contribution in [0.15, 0.2) is 35.4 Å². The van der Waals surface area contributed by atoms with Crippen molar-refractivity contribution >= 4 is 23.2 Å². The van der Waals surface area contributed by atoms with E-state index in [1.165, 1.54) is 6.33 Å². The third kappa shape index (κ3) is 3.02. The van der Waals surface area contributed by atoms with Gasteiger partial charge in [-0.05, 0) is 18.6 Å². The summed E-state index contributed by atoms with van der Waals surface area (Å²) in [5.74, 6) is 0.0528. The van der Waals surface area contributed by atoms with Gasteiger partial charge in [0.1, 0.15) is 0 Å². The van der Waals surface area contributed by atoms with E-state index >= 15 is 0 Å². The number of rotatable bonds is 2. The van der Waals surface area contributed by atoms with Crippen LogP contribution < -0.4 is 10.5 Å². The van der Waals surface area contributed by atoms with Crippen LogP contribution in [0.2, 0.25) is 5.02 Å². The van der Waals surface area contributed by atoms with E-state index in [2.05, 4.69) is 14.9 Å². The third-order valence-electron chi connectivity index (χ3n) is 5.05. The molecule has 25 heavy (non-hydrogen) atoms. The normalized spacial score (nSPS) is 19.8. The van der Waals surface area contributed by atoms with E-state index in [-0.39, 0.29) is 17.4 Å². The number of nitrogens with one attached hydrogen (secondary N) is 1. The van der Waals surface area contributed by atoms with Gasteiger partial charge in [-0.3, -0.25) is 9.59 Å². The van der Waals surface area contributed by atoms with E-state index in [0.717, 1.165) is 24.3 Å². The Morgan fingerprint density at radius 1 is 1.28 bits per heavy atom. The zero-order chi connectivity index (χ0) is 17.4. The number of amides is 1. The van der Waals surface area contributed by atoms with Crippen LogP contribution in [0, 0.1) is 5.92 Å². The van der Waals surface area contributed by atoms with Gasteiger partial charge in [0.15, 0.2) is 0 Å². The van der Waals surface area contributed by atoms with Crippen molar-refractivity contribution in [1.82, 2.24) is 14.9 Å². The van der Waals surface area contributed by atoms with Gasteiger partial charge >= 0.3 is 0 Å². The standard InChI is InChI=1S/C18H19ClN4O2/c19-14-3-1-2-4-16(14)22-7-5-12(9-22)18(25)23-8-6-15-13(10-23)17(24)21-11-20-15/h1-4,11-12H,5-10H2,(H,20,21,24). The second-order valence-electron chi connectivity index (χ2n) is 6.55. The molecule has 2 aromatic rings. The number of carbonyl (C=O) groups is 1. The Balaban J connectivity index is 1.47. The molecule has 7 heteroatoms. The minimum atomic E-state index is -0.147. The predicted molar refractivity (Wildman–Crippen MR) is 95.8 cm³/mol. The minimum absolute atomic E-state index is 0.0615. The zero-order valence-electron chi connectivity index (χ0n) is 13.7. The van der Waals surface area contributed by atoms with Gasteiger partial charge in [0, 0.05) is 26.1 Å². The van der Waals surface area contributed by atoms with Gasteiger partial charge in [0.05, 0.1) is 40.8 Å².